The first-order valence-corrected chi connectivity index (χ1v) is 6.71. The molecule has 3 nitrogen and oxygen atoms in total. The Balaban J connectivity index is 2.33. The van der Waals surface area contributed by atoms with Crippen LogP contribution in [0.15, 0.2) is 30.5 Å². The second-order valence-corrected chi connectivity index (χ2v) is 4.95. The third-order valence-corrected chi connectivity index (χ3v) is 3.55. The minimum absolute atomic E-state index is 0.00630. The van der Waals surface area contributed by atoms with Crippen molar-refractivity contribution >= 4 is 0 Å². The number of hydrogen-bond acceptors (Lipinski definition) is 2. The Morgan fingerprint density at radius 3 is 2.33 bits per heavy atom. The second-order valence-electron chi connectivity index (χ2n) is 4.95. The highest BCUT2D eigenvalue weighted by Crippen LogP contribution is 2.30. The molecule has 21 heavy (non-hydrogen) atoms. The Kier molecular flexibility index (Phi) is 4.37. The van der Waals surface area contributed by atoms with Crippen molar-refractivity contribution in [2.75, 3.05) is 6.61 Å². The van der Waals surface area contributed by atoms with Crippen LogP contribution in [0.25, 0.3) is 5.69 Å². The van der Waals surface area contributed by atoms with E-state index in [2.05, 4.69) is 5.10 Å². The molecule has 1 aromatic heterocycles. The summed E-state index contributed by atoms with van der Waals surface area (Å²) in [5.74, 6) is -0.00630. The lowest BCUT2D eigenvalue weighted by Gasteiger charge is -2.09. The van der Waals surface area contributed by atoms with Crippen LogP contribution in [0, 0.1) is 6.92 Å². The highest BCUT2D eigenvalue weighted by molar-refractivity contribution is 5.37. The topological polar surface area (TPSA) is 38.0 Å². The van der Waals surface area contributed by atoms with Crippen molar-refractivity contribution in [2.45, 2.75) is 32.4 Å². The molecule has 0 aliphatic carbocycles. The Hall–Kier alpha value is -1.82. The first-order valence-electron chi connectivity index (χ1n) is 6.71. The number of hydrogen-bond donors (Lipinski definition) is 1. The zero-order valence-corrected chi connectivity index (χ0v) is 11.9. The summed E-state index contributed by atoms with van der Waals surface area (Å²) in [6.45, 7) is 3.82. The highest BCUT2D eigenvalue weighted by atomic mass is 19.4. The van der Waals surface area contributed by atoms with Crippen LogP contribution in [0.2, 0.25) is 0 Å². The third kappa shape index (κ3) is 3.26. The van der Waals surface area contributed by atoms with Gasteiger partial charge < -0.3 is 5.11 Å². The normalized spacial score (nSPS) is 13.4. The van der Waals surface area contributed by atoms with Gasteiger partial charge in [0.2, 0.25) is 0 Å². The lowest BCUT2D eigenvalue weighted by molar-refractivity contribution is -0.137. The van der Waals surface area contributed by atoms with E-state index >= 15 is 0 Å². The maximum absolute atomic E-state index is 12.5. The van der Waals surface area contributed by atoms with Crippen molar-refractivity contribution in [3.05, 3.63) is 47.3 Å². The van der Waals surface area contributed by atoms with Gasteiger partial charge in [-0.05, 0) is 43.2 Å². The van der Waals surface area contributed by atoms with Gasteiger partial charge in [-0.15, -0.1) is 0 Å². The predicted molar refractivity (Wildman–Crippen MR) is 73.4 cm³/mol. The molecule has 1 aromatic carbocycles. The van der Waals surface area contributed by atoms with Crippen LogP contribution in [-0.4, -0.2) is 21.5 Å². The lowest BCUT2D eigenvalue weighted by Crippen LogP contribution is -2.05. The van der Waals surface area contributed by atoms with Crippen LogP contribution in [-0.2, 0) is 6.18 Å². The van der Waals surface area contributed by atoms with Crippen LogP contribution >= 0.6 is 0 Å². The summed E-state index contributed by atoms with van der Waals surface area (Å²) in [6.07, 6.45) is -1.80. The molecule has 2 aromatic rings. The SMILES string of the molecule is CCC(CO)c1cn(-c2ccc(C(F)(F)F)cc2)nc1C. The standard InChI is InChI=1S/C15H17F3N2O/c1-3-11(9-21)14-8-20(19-10(14)2)13-6-4-12(5-7-13)15(16,17)18/h4-8,11,21H,3,9H2,1-2H3. The number of aliphatic hydroxyl groups is 1. The first-order chi connectivity index (χ1) is 9.86. The quantitative estimate of drug-likeness (QED) is 0.935. The van der Waals surface area contributed by atoms with E-state index in [1.54, 1.807) is 10.9 Å². The minimum Gasteiger partial charge on any atom is -0.396 e. The summed E-state index contributed by atoms with van der Waals surface area (Å²) in [7, 11) is 0. The summed E-state index contributed by atoms with van der Waals surface area (Å²) in [6, 6.07) is 4.85. The van der Waals surface area contributed by atoms with E-state index in [0.29, 0.717) is 5.69 Å². The number of benzene rings is 1. The first kappa shape index (κ1) is 15.6. The van der Waals surface area contributed by atoms with E-state index in [1.165, 1.54) is 12.1 Å². The van der Waals surface area contributed by atoms with Gasteiger partial charge in [0, 0.05) is 12.1 Å². The third-order valence-electron chi connectivity index (χ3n) is 3.55. The Bertz CT molecular complexity index is 598. The molecule has 0 amide bonds. The predicted octanol–water partition coefficient (Wildman–Crippen LogP) is 3.69. The monoisotopic (exact) mass is 298 g/mol. The van der Waals surface area contributed by atoms with Gasteiger partial charge in [-0.1, -0.05) is 6.92 Å². The van der Waals surface area contributed by atoms with E-state index < -0.39 is 11.7 Å². The van der Waals surface area contributed by atoms with Crippen molar-refractivity contribution in [3.63, 3.8) is 0 Å². The molecule has 0 fully saturated rings. The van der Waals surface area contributed by atoms with E-state index in [4.69, 9.17) is 0 Å². The molecule has 2 rings (SSSR count). The van der Waals surface area contributed by atoms with Gasteiger partial charge in [0.15, 0.2) is 0 Å². The zero-order valence-electron chi connectivity index (χ0n) is 11.9. The molecule has 1 heterocycles. The van der Waals surface area contributed by atoms with Crippen LogP contribution < -0.4 is 0 Å². The summed E-state index contributed by atoms with van der Waals surface area (Å²) in [5, 5.41) is 13.7. The van der Waals surface area contributed by atoms with Crippen LogP contribution in [0.4, 0.5) is 13.2 Å². The fourth-order valence-corrected chi connectivity index (χ4v) is 2.26. The summed E-state index contributed by atoms with van der Waals surface area (Å²) >= 11 is 0. The number of aryl methyl sites for hydroxylation is 1. The lowest BCUT2D eigenvalue weighted by atomic mass is 9.98. The molecule has 0 saturated heterocycles. The Morgan fingerprint density at radius 1 is 1.24 bits per heavy atom. The van der Waals surface area contributed by atoms with Crippen molar-refractivity contribution < 1.29 is 18.3 Å². The summed E-state index contributed by atoms with van der Waals surface area (Å²) in [4.78, 5) is 0. The molecule has 0 aliphatic rings. The van der Waals surface area contributed by atoms with Crippen LogP contribution in [0.1, 0.15) is 36.1 Å². The molecule has 6 heteroatoms. The van der Waals surface area contributed by atoms with Gasteiger partial charge in [-0.25, -0.2) is 4.68 Å². The number of rotatable bonds is 4. The molecular formula is C15H17F3N2O. The largest absolute Gasteiger partial charge is 0.416 e. The van der Waals surface area contributed by atoms with Crippen molar-refractivity contribution in [3.8, 4) is 5.69 Å². The van der Waals surface area contributed by atoms with Gasteiger partial charge in [0.1, 0.15) is 0 Å². The summed E-state index contributed by atoms with van der Waals surface area (Å²) in [5.41, 5.74) is 1.57. The van der Waals surface area contributed by atoms with Gasteiger partial charge in [-0.2, -0.15) is 18.3 Å². The Morgan fingerprint density at radius 2 is 1.86 bits per heavy atom. The average Bonchev–Trinajstić information content (AvgIpc) is 2.82. The highest BCUT2D eigenvalue weighted by Gasteiger charge is 2.30. The van der Waals surface area contributed by atoms with Crippen LogP contribution in [0.5, 0.6) is 0 Å². The fourth-order valence-electron chi connectivity index (χ4n) is 2.26. The molecule has 114 valence electrons. The number of aliphatic hydroxyl groups excluding tert-OH is 1. The van der Waals surface area contributed by atoms with E-state index in [0.717, 1.165) is 29.8 Å². The molecule has 0 radical (unpaired) electrons. The van der Waals surface area contributed by atoms with Crippen LogP contribution in [0.3, 0.4) is 0 Å². The zero-order chi connectivity index (χ0) is 15.6. The smallest absolute Gasteiger partial charge is 0.396 e. The second kappa shape index (κ2) is 5.89. The van der Waals surface area contributed by atoms with Crippen molar-refractivity contribution in [1.82, 2.24) is 9.78 Å². The maximum atomic E-state index is 12.5. The Labute approximate surface area is 121 Å². The van der Waals surface area contributed by atoms with E-state index in [1.807, 2.05) is 13.8 Å². The fraction of sp³-hybridized carbons (Fsp3) is 0.400. The molecule has 1 N–H and O–H groups in total. The number of aromatic nitrogens is 2. The van der Waals surface area contributed by atoms with Gasteiger partial charge in [-0.3, -0.25) is 0 Å². The molecule has 1 atom stereocenters. The number of nitrogens with zero attached hydrogens (tertiary/aromatic N) is 2. The minimum atomic E-state index is -4.34. The molecule has 1 unspecified atom stereocenters. The van der Waals surface area contributed by atoms with Gasteiger partial charge in [0.25, 0.3) is 0 Å². The van der Waals surface area contributed by atoms with E-state index in [9.17, 15) is 18.3 Å². The van der Waals surface area contributed by atoms with Crippen molar-refractivity contribution in [2.24, 2.45) is 0 Å². The molecule has 0 saturated carbocycles. The maximum Gasteiger partial charge on any atom is 0.416 e. The van der Waals surface area contributed by atoms with E-state index in [-0.39, 0.29) is 12.5 Å². The molecule has 0 spiro atoms. The molecule has 0 bridgehead atoms. The van der Waals surface area contributed by atoms with Gasteiger partial charge in [0.05, 0.1) is 23.6 Å². The number of halogens is 3. The average molecular weight is 298 g/mol. The number of alkyl halides is 3. The van der Waals surface area contributed by atoms with Crippen molar-refractivity contribution in [1.29, 1.82) is 0 Å². The van der Waals surface area contributed by atoms with Gasteiger partial charge >= 0.3 is 6.18 Å². The molecular weight excluding hydrogens is 281 g/mol. The summed E-state index contributed by atoms with van der Waals surface area (Å²) < 4.78 is 39.2. The molecule has 0 aliphatic heterocycles.